The van der Waals surface area contributed by atoms with Gasteiger partial charge < -0.3 is 15.8 Å². The number of aryl methyl sites for hydroxylation is 1. The summed E-state index contributed by atoms with van der Waals surface area (Å²) in [7, 11) is 0. The van der Waals surface area contributed by atoms with E-state index in [2.05, 4.69) is 15.5 Å². The Bertz CT molecular complexity index is 350. The molecule has 0 aliphatic carbocycles. The quantitative estimate of drug-likeness (QED) is 0.787. The highest BCUT2D eigenvalue weighted by molar-refractivity contribution is 5.38. The molecular weight excluding hydrogens is 204 g/mol. The number of nitrogens with zero attached hydrogens (tertiary/aromatic N) is 2. The van der Waals surface area contributed by atoms with Gasteiger partial charge in [-0.3, -0.25) is 0 Å². The van der Waals surface area contributed by atoms with Crippen molar-refractivity contribution < 1.29 is 4.74 Å². The smallest absolute Gasteiger partial charge is 0.149 e. The zero-order valence-electron chi connectivity index (χ0n) is 9.57. The van der Waals surface area contributed by atoms with E-state index in [-0.39, 0.29) is 5.54 Å². The minimum absolute atomic E-state index is 0.0826. The highest BCUT2D eigenvalue weighted by Crippen LogP contribution is 2.23. The first-order valence-corrected chi connectivity index (χ1v) is 5.59. The van der Waals surface area contributed by atoms with E-state index in [4.69, 9.17) is 10.5 Å². The summed E-state index contributed by atoms with van der Waals surface area (Å²) >= 11 is 0. The van der Waals surface area contributed by atoms with Crippen molar-refractivity contribution >= 4 is 5.82 Å². The number of ether oxygens (including phenoxy) is 1. The largest absolute Gasteiger partial charge is 0.381 e. The summed E-state index contributed by atoms with van der Waals surface area (Å²) in [4.78, 5) is 0. The van der Waals surface area contributed by atoms with Crippen LogP contribution in [0.25, 0.3) is 0 Å². The van der Waals surface area contributed by atoms with Gasteiger partial charge in [0.2, 0.25) is 0 Å². The van der Waals surface area contributed by atoms with E-state index in [1.165, 1.54) is 0 Å². The van der Waals surface area contributed by atoms with Crippen LogP contribution in [0.15, 0.2) is 12.3 Å². The van der Waals surface area contributed by atoms with Gasteiger partial charge in [0.15, 0.2) is 0 Å². The van der Waals surface area contributed by atoms with Gasteiger partial charge in [-0.15, -0.1) is 5.10 Å². The third-order valence-corrected chi connectivity index (χ3v) is 3.03. The molecule has 5 nitrogen and oxygen atoms in total. The molecule has 1 saturated heterocycles. The molecular formula is C11H18N4O. The molecule has 2 heterocycles. The summed E-state index contributed by atoms with van der Waals surface area (Å²) in [5, 5.41) is 11.4. The Balaban J connectivity index is 2.11. The predicted molar refractivity (Wildman–Crippen MR) is 62.2 cm³/mol. The first-order chi connectivity index (χ1) is 7.74. The van der Waals surface area contributed by atoms with Gasteiger partial charge in [0.1, 0.15) is 5.82 Å². The summed E-state index contributed by atoms with van der Waals surface area (Å²) in [6, 6.07) is 1.99. The summed E-state index contributed by atoms with van der Waals surface area (Å²) in [5.74, 6) is 0.798. The molecule has 1 fully saturated rings. The average Bonchev–Trinajstić information content (AvgIpc) is 2.30. The minimum atomic E-state index is -0.0826. The van der Waals surface area contributed by atoms with E-state index in [1.807, 2.05) is 13.0 Å². The van der Waals surface area contributed by atoms with Crippen molar-refractivity contribution in [2.75, 3.05) is 25.1 Å². The fraction of sp³-hybridized carbons (Fsp3) is 0.636. The second-order valence-corrected chi connectivity index (χ2v) is 4.34. The molecule has 1 aliphatic rings. The maximum absolute atomic E-state index is 5.86. The molecule has 5 heteroatoms. The van der Waals surface area contributed by atoms with Gasteiger partial charge in [0.05, 0.1) is 11.7 Å². The topological polar surface area (TPSA) is 73.1 Å². The van der Waals surface area contributed by atoms with E-state index < -0.39 is 0 Å². The zero-order valence-corrected chi connectivity index (χ0v) is 9.57. The Morgan fingerprint density at radius 1 is 1.50 bits per heavy atom. The molecule has 0 saturated carbocycles. The van der Waals surface area contributed by atoms with Gasteiger partial charge in [0, 0.05) is 19.8 Å². The zero-order chi connectivity index (χ0) is 11.4. The van der Waals surface area contributed by atoms with Crippen LogP contribution in [-0.4, -0.2) is 35.5 Å². The number of hydrogen-bond acceptors (Lipinski definition) is 5. The van der Waals surface area contributed by atoms with Gasteiger partial charge in [-0.25, -0.2) is 0 Å². The number of rotatable bonds is 3. The maximum atomic E-state index is 5.86. The lowest BCUT2D eigenvalue weighted by atomic mass is 9.90. The second kappa shape index (κ2) is 4.76. The monoisotopic (exact) mass is 222 g/mol. The van der Waals surface area contributed by atoms with Gasteiger partial charge >= 0.3 is 0 Å². The first-order valence-electron chi connectivity index (χ1n) is 5.59. The Morgan fingerprint density at radius 3 is 2.88 bits per heavy atom. The highest BCUT2D eigenvalue weighted by atomic mass is 16.5. The van der Waals surface area contributed by atoms with Crippen LogP contribution in [0.5, 0.6) is 0 Å². The van der Waals surface area contributed by atoms with Crippen LogP contribution in [0, 0.1) is 6.92 Å². The summed E-state index contributed by atoms with van der Waals surface area (Å²) in [5.41, 5.74) is 6.87. The van der Waals surface area contributed by atoms with Crippen molar-refractivity contribution in [2.45, 2.75) is 25.3 Å². The molecule has 0 radical (unpaired) electrons. The fourth-order valence-electron chi connectivity index (χ4n) is 1.94. The van der Waals surface area contributed by atoms with Crippen LogP contribution < -0.4 is 11.1 Å². The second-order valence-electron chi connectivity index (χ2n) is 4.34. The van der Waals surface area contributed by atoms with Crippen LogP contribution in [0.1, 0.15) is 18.4 Å². The van der Waals surface area contributed by atoms with Gasteiger partial charge in [-0.05, 0) is 31.4 Å². The predicted octanol–water partition coefficient (Wildman–Crippen LogP) is 0.705. The Labute approximate surface area is 95.4 Å². The van der Waals surface area contributed by atoms with Crippen molar-refractivity contribution in [1.29, 1.82) is 0 Å². The van der Waals surface area contributed by atoms with E-state index in [9.17, 15) is 0 Å². The SMILES string of the molecule is Cc1cnnc(NC2(CN)CCOCC2)c1. The van der Waals surface area contributed by atoms with E-state index in [0.717, 1.165) is 37.4 Å². The van der Waals surface area contributed by atoms with Crippen molar-refractivity contribution in [2.24, 2.45) is 5.73 Å². The Morgan fingerprint density at radius 2 is 2.25 bits per heavy atom. The van der Waals surface area contributed by atoms with Crippen molar-refractivity contribution in [3.05, 3.63) is 17.8 Å². The van der Waals surface area contributed by atoms with Crippen LogP contribution in [0.2, 0.25) is 0 Å². The van der Waals surface area contributed by atoms with Gasteiger partial charge in [-0.1, -0.05) is 0 Å². The highest BCUT2D eigenvalue weighted by Gasteiger charge is 2.31. The Hall–Kier alpha value is -1.20. The normalized spacial score (nSPS) is 19.4. The minimum Gasteiger partial charge on any atom is -0.381 e. The Kier molecular flexibility index (Phi) is 3.36. The number of nitrogens with two attached hydrogens (primary N) is 1. The van der Waals surface area contributed by atoms with Crippen LogP contribution in [0.4, 0.5) is 5.82 Å². The van der Waals surface area contributed by atoms with Crippen molar-refractivity contribution in [1.82, 2.24) is 10.2 Å². The molecule has 0 spiro atoms. The van der Waals surface area contributed by atoms with E-state index >= 15 is 0 Å². The fourth-order valence-corrected chi connectivity index (χ4v) is 1.94. The van der Waals surface area contributed by atoms with Crippen LogP contribution in [-0.2, 0) is 4.74 Å². The third kappa shape index (κ3) is 2.48. The summed E-state index contributed by atoms with van der Waals surface area (Å²) < 4.78 is 5.36. The van der Waals surface area contributed by atoms with Gasteiger partial charge in [0.25, 0.3) is 0 Å². The lowest BCUT2D eigenvalue weighted by molar-refractivity contribution is 0.0626. The standard InChI is InChI=1S/C11H18N4O/c1-9-6-10(15-13-7-9)14-11(8-12)2-4-16-5-3-11/h6-7H,2-5,8,12H2,1H3,(H,14,15). The molecule has 88 valence electrons. The van der Waals surface area contributed by atoms with E-state index in [0.29, 0.717) is 6.54 Å². The molecule has 0 aromatic carbocycles. The first kappa shape index (κ1) is 11.3. The molecule has 0 amide bonds. The number of anilines is 1. The third-order valence-electron chi connectivity index (χ3n) is 3.03. The molecule has 0 unspecified atom stereocenters. The van der Waals surface area contributed by atoms with E-state index in [1.54, 1.807) is 6.20 Å². The molecule has 0 atom stereocenters. The number of nitrogens with one attached hydrogen (secondary N) is 1. The number of hydrogen-bond donors (Lipinski definition) is 2. The number of aromatic nitrogens is 2. The molecule has 1 aliphatic heterocycles. The molecule has 16 heavy (non-hydrogen) atoms. The van der Waals surface area contributed by atoms with Crippen molar-refractivity contribution in [3.63, 3.8) is 0 Å². The van der Waals surface area contributed by atoms with Crippen molar-refractivity contribution in [3.8, 4) is 0 Å². The molecule has 3 N–H and O–H groups in total. The lowest BCUT2D eigenvalue weighted by Crippen LogP contribution is -2.49. The van der Waals surface area contributed by atoms with Gasteiger partial charge in [-0.2, -0.15) is 5.10 Å². The average molecular weight is 222 g/mol. The molecule has 0 bridgehead atoms. The lowest BCUT2D eigenvalue weighted by Gasteiger charge is -2.37. The maximum Gasteiger partial charge on any atom is 0.149 e. The van der Waals surface area contributed by atoms with Crippen LogP contribution in [0.3, 0.4) is 0 Å². The summed E-state index contributed by atoms with van der Waals surface area (Å²) in [6.45, 7) is 4.10. The molecule has 1 aromatic rings. The molecule has 2 rings (SSSR count). The molecule has 1 aromatic heterocycles. The summed E-state index contributed by atoms with van der Waals surface area (Å²) in [6.07, 6.45) is 3.57. The van der Waals surface area contributed by atoms with Crippen LogP contribution >= 0.6 is 0 Å².